The minimum atomic E-state index is 0.828. The third-order valence-corrected chi connectivity index (χ3v) is 3.71. The van der Waals surface area contributed by atoms with Gasteiger partial charge in [0, 0.05) is 36.2 Å². The number of aromatic nitrogens is 2. The Morgan fingerprint density at radius 1 is 0.478 bits per heavy atom. The highest BCUT2D eigenvalue weighted by Gasteiger charge is 2.00. The van der Waals surface area contributed by atoms with Crippen LogP contribution in [0, 0.1) is 0 Å². The van der Waals surface area contributed by atoms with Crippen molar-refractivity contribution in [3.05, 3.63) is 97.6 Å². The molecule has 2 aromatic heterocycles. The molecule has 0 aliphatic heterocycles. The lowest BCUT2D eigenvalue weighted by molar-refractivity contribution is 0.482. The van der Waals surface area contributed by atoms with Gasteiger partial charge in [0.1, 0.15) is 11.5 Å². The molecule has 3 nitrogen and oxygen atoms in total. The summed E-state index contributed by atoms with van der Waals surface area (Å²) < 4.78 is 10.0. The van der Waals surface area contributed by atoms with Crippen LogP contribution >= 0.6 is 0 Å². The van der Waals surface area contributed by atoms with E-state index in [1.54, 1.807) is 0 Å². The second-order valence-corrected chi connectivity index (χ2v) is 5.27. The molecule has 0 saturated carbocycles. The summed E-state index contributed by atoms with van der Waals surface area (Å²) in [7, 11) is 0. The van der Waals surface area contributed by atoms with Crippen LogP contribution in [0.15, 0.2) is 97.6 Å². The van der Waals surface area contributed by atoms with Crippen LogP contribution in [0.1, 0.15) is 0 Å². The molecule has 0 amide bonds. The molecule has 0 aliphatic carbocycles. The third kappa shape index (κ3) is 2.90. The Bertz CT molecular complexity index is 783. The summed E-state index contributed by atoms with van der Waals surface area (Å²) in [6, 6.07) is 24.1. The molecular weight excluding hydrogens is 284 g/mol. The van der Waals surface area contributed by atoms with E-state index in [0.717, 1.165) is 22.9 Å². The Morgan fingerprint density at radius 3 is 1.17 bits per heavy atom. The molecule has 0 saturated heterocycles. The van der Waals surface area contributed by atoms with E-state index < -0.39 is 0 Å². The van der Waals surface area contributed by atoms with Gasteiger partial charge in [-0.1, -0.05) is 0 Å². The SMILES string of the molecule is c1ccn(-c2ccc(Oc3ccc(-n4cccc4)cc3)cc2)c1. The first-order valence-electron chi connectivity index (χ1n) is 7.53. The van der Waals surface area contributed by atoms with E-state index in [9.17, 15) is 0 Å². The third-order valence-electron chi connectivity index (χ3n) is 3.71. The number of nitrogens with zero attached hydrogens (tertiary/aromatic N) is 2. The summed E-state index contributed by atoms with van der Waals surface area (Å²) in [5.41, 5.74) is 2.23. The van der Waals surface area contributed by atoms with E-state index in [-0.39, 0.29) is 0 Å². The first-order valence-corrected chi connectivity index (χ1v) is 7.53. The van der Waals surface area contributed by atoms with Crippen LogP contribution in [-0.2, 0) is 0 Å². The Labute approximate surface area is 135 Å². The normalized spacial score (nSPS) is 10.6. The van der Waals surface area contributed by atoms with Gasteiger partial charge in [0.05, 0.1) is 0 Å². The first-order chi connectivity index (χ1) is 11.4. The number of hydrogen-bond acceptors (Lipinski definition) is 1. The Balaban J connectivity index is 1.49. The molecule has 2 heterocycles. The van der Waals surface area contributed by atoms with Gasteiger partial charge in [-0.15, -0.1) is 0 Å². The number of rotatable bonds is 4. The highest BCUT2D eigenvalue weighted by molar-refractivity contribution is 5.42. The van der Waals surface area contributed by atoms with E-state index in [4.69, 9.17) is 4.74 Å². The molecular formula is C20H16N2O. The van der Waals surface area contributed by atoms with Gasteiger partial charge in [-0.25, -0.2) is 0 Å². The lowest BCUT2D eigenvalue weighted by Gasteiger charge is -2.09. The lowest BCUT2D eigenvalue weighted by atomic mass is 10.3. The minimum absolute atomic E-state index is 0.828. The maximum Gasteiger partial charge on any atom is 0.127 e. The van der Waals surface area contributed by atoms with Gasteiger partial charge >= 0.3 is 0 Å². The predicted octanol–water partition coefficient (Wildman–Crippen LogP) is 5.06. The fourth-order valence-electron chi connectivity index (χ4n) is 2.52. The van der Waals surface area contributed by atoms with E-state index in [2.05, 4.69) is 9.13 Å². The molecule has 0 unspecified atom stereocenters. The van der Waals surface area contributed by atoms with Crippen LogP contribution in [0.5, 0.6) is 11.5 Å². The summed E-state index contributed by atoms with van der Waals surface area (Å²) in [5.74, 6) is 1.66. The van der Waals surface area contributed by atoms with Gasteiger partial charge < -0.3 is 13.9 Å². The molecule has 0 aliphatic rings. The highest BCUT2D eigenvalue weighted by atomic mass is 16.5. The first kappa shape index (κ1) is 13.5. The Kier molecular flexibility index (Phi) is 3.45. The average Bonchev–Trinajstić information content (AvgIpc) is 3.30. The minimum Gasteiger partial charge on any atom is -0.457 e. The molecule has 0 N–H and O–H groups in total. The monoisotopic (exact) mass is 300 g/mol. The van der Waals surface area contributed by atoms with Crippen molar-refractivity contribution in [1.29, 1.82) is 0 Å². The van der Waals surface area contributed by atoms with Gasteiger partial charge in [0.2, 0.25) is 0 Å². The summed E-state index contributed by atoms with van der Waals surface area (Å²) in [5, 5.41) is 0. The van der Waals surface area contributed by atoms with Crippen LogP contribution in [0.4, 0.5) is 0 Å². The largest absolute Gasteiger partial charge is 0.457 e. The van der Waals surface area contributed by atoms with E-state index in [1.165, 1.54) is 0 Å². The van der Waals surface area contributed by atoms with Gasteiger partial charge in [-0.2, -0.15) is 0 Å². The maximum atomic E-state index is 5.90. The van der Waals surface area contributed by atoms with E-state index >= 15 is 0 Å². The van der Waals surface area contributed by atoms with Crippen LogP contribution < -0.4 is 4.74 Å². The van der Waals surface area contributed by atoms with Crippen molar-refractivity contribution in [3.63, 3.8) is 0 Å². The topological polar surface area (TPSA) is 19.1 Å². The molecule has 0 fully saturated rings. The zero-order valence-corrected chi connectivity index (χ0v) is 12.5. The summed E-state index contributed by atoms with van der Waals surface area (Å²) in [6.07, 6.45) is 8.09. The van der Waals surface area contributed by atoms with Crippen LogP contribution in [0.3, 0.4) is 0 Å². The van der Waals surface area contributed by atoms with Crippen molar-refractivity contribution in [3.8, 4) is 22.9 Å². The second kappa shape index (κ2) is 5.89. The smallest absolute Gasteiger partial charge is 0.127 e. The quantitative estimate of drug-likeness (QED) is 0.515. The molecule has 4 rings (SSSR count). The number of benzene rings is 2. The average molecular weight is 300 g/mol. The van der Waals surface area contributed by atoms with Gasteiger partial charge in [0.25, 0.3) is 0 Å². The highest BCUT2D eigenvalue weighted by Crippen LogP contribution is 2.24. The Hall–Kier alpha value is -3.20. The molecule has 0 radical (unpaired) electrons. The fourth-order valence-corrected chi connectivity index (χ4v) is 2.52. The zero-order chi connectivity index (χ0) is 15.5. The molecule has 23 heavy (non-hydrogen) atoms. The van der Waals surface area contributed by atoms with E-state index in [1.807, 2.05) is 97.6 Å². The summed E-state index contributed by atoms with van der Waals surface area (Å²) in [6.45, 7) is 0. The predicted molar refractivity (Wildman–Crippen MR) is 91.6 cm³/mol. The zero-order valence-electron chi connectivity index (χ0n) is 12.5. The lowest BCUT2D eigenvalue weighted by Crippen LogP contribution is -1.91. The fraction of sp³-hybridized carbons (Fsp3) is 0. The van der Waals surface area contributed by atoms with Crippen LogP contribution in [0.25, 0.3) is 11.4 Å². The van der Waals surface area contributed by atoms with Crippen molar-refractivity contribution >= 4 is 0 Å². The molecule has 0 bridgehead atoms. The van der Waals surface area contributed by atoms with Crippen LogP contribution in [0.2, 0.25) is 0 Å². The molecule has 4 aromatic rings. The van der Waals surface area contributed by atoms with Crippen molar-refractivity contribution in [2.75, 3.05) is 0 Å². The standard InChI is InChI=1S/C20H16N2O/c1-2-14-21(13-1)17-5-9-19(10-6-17)23-20-11-7-18(8-12-20)22-15-3-4-16-22/h1-16H. The maximum absolute atomic E-state index is 5.90. The van der Waals surface area contributed by atoms with Gasteiger partial charge in [-0.3, -0.25) is 0 Å². The van der Waals surface area contributed by atoms with Crippen molar-refractivity contribution < 1.29 is 4.74 Å². The summed E-state index contributed by atoms with van der Waals surface area (Å²) >= 11 is 0. The number of ether oxygens (including phenoxy) is 1. The number of hydrogen-bond donors (Lipinski definition) is 0. The molecule has 2 aromatic carbocycles. The molecule has 3 heteroatoms. The second-order valence-electron chi connectivity index (χ2n) is 5.27. The van der Waals surface area contributed by atoms with E-state index in [0.29, 0.717) is 0 Å². The van der Waals surface area contributed by atoms with Crippen LogP contribution in [-0.4, -0.2) is 9.13 Å². The van der Waals surface area contributed by atoms with Gasteiger partial charge in [0.15, 0.2) is 0 Å². The molecule has 0 atom stereocenters. The molecule has 0 spiro atoms. The van der Waals surface area contributed by atoms with Crippen molar-refractivity contribution in [2.45, 2.75) is 0 Å². The summed E-state index contributed by atoms with van der Waals surface area (Å²) in [4.78, 5) is 0. The molecule has 112 valence electrons. The van der Waals surface area contributed by atoms with Gasteiger partial charge in [-0.05, 0) is 72.8 Å². The van der Waals surface area contributed by atoms with Crippen molar-refractivity contribution in [1.82, 2.24) is 9.13 Å². The van der Waals surface area contributed by atoms with Crippen molar-refractivity contribution in [2.24, 2.45) is 0 Å². The Morgan fingerprint density at radius 2 is 0.826 bits per heavy atom.